The topological polar surface area (TPSA) is 88.5 Å². The first-order valence-electron chi connectivity index (χ1n) is 8.44. The van der Waals surface area contributed by atoms with E-state index in [0.717, 1.165) is 5.01 Å². The summed E-state index contributed by atoms with van der Waals surface area (Å²) in [6.07, 6.45) is 2.68. The number of aromatic nitrogens is 3. The van der Waals surface area contributed by atoms with Crippen LogP contribution >= 0.6 is 11.3 Å². The van der Waals surface area contributed by atoms with E-state index in [1.54, 1.807) is 30.3 Å². The van der Waals surface area contributed by atoms with E-state index in [1.807, 2.05) is 17.2 Å². The Morgan fingerprint density at radius 3 is 2.54 bits per heavy atom. The molecule has 3 rings (SSSR count). The van der Waals surface area contributed by atoms with Crippen molar-refractivity contribution in [1.29, 1.82) is 0 Å². The van der Waals surface area contributed by atoms with Crippen LogP contribution in [0, 0.1) is 6.92 Å². The van der Waals surface area contributed by atoms with Gasteiger partial charge in [0.2, 0.25) is 5.95 Å². The molecule has 0 N–H and O–H groups in total. The molecular formula is C17H21N5O3S. The van der Waals surface area contributed by atoms with Crippen LogP contribution in [0.5, 0.6) is 0 Å². The van der Waals surface area contributed by atoms with Gasteiger partial charge in [-0.25, -0.2) is 15.0 Å². The molecule has 1 atom stereocenters. The van der Waals surface area contributed by atoms with Gasteiger partial charge in [0.05, 0.1) is 17.1 Å². The molecule has 1 saturated heterocycles. The van der Waals surface area contributed by atoms with Crippen LogP contribution in [-0.2, 0) is 20.7 Å². The lowest BCUT2D eigenvalue weighted by Gasteiger charge is -2.35. The van der Waals surface area contributed by atoms with E-state index in [4.69, 9.17) is 4.74 Å². The number of carbonyl (C=O) groups excluding carboxylic acids is 2. The van der Waals surface area contributed by atoms with E-state index in [2.05, 4.69) is 15.0 Å². The average Bonchev–Trinajstić information content (AvgIpc) is 3.06. The van der Waals surface area contributed by atoms with Crippen LogP contribution in [0.3, 0.4) is 0 Å². The maximum atomic E-state index is 12.5. The van der Waals surface area contributed by atoms with Gasteiger partial charge in [-0.1, -0.05) is 0 Å². The van der Waals surface area contributed by atoms with Gasteiger partial charge >= 0.3 is 5.97 Å². The van der Waals surface area contributed by atoms with Crippen molar-refractivity contribution in [3.8, 4) is 0 Å². The molecule has 0 spiro atoms. The molecule has 2 aromatic heterocycles. The largest absolute Gasteiger partial charge is 0.452 e. The minimum atomic E-state index is -0.804. The summed E-state index contributed by atoms with van der Waals surface area (Å²) < 4.78 is 5.29. The fourth-order valence-corrected chi connectivity index (χ4v) is 3.38. The number of rotatable bonds is 5. The molecule has 3 heterocycles. The molecule has 1 amide bonds. The summed E-state index contributed by atoms with van der Waals surface area (Å²) >= 11 is 1.48. The molecule has 2 aromatic rings. The number of nitrogens with zero attached hydrogens (tertiary/aromatic N) is 5. The lowest BCUT2D eigenvalue weighted by molar-refractivity contribution is -0.158. The number of piperazine rings is 1. The van der Waals surface area contributed by atoms with Crippen molar-refractivity contribution in [2.75, 3.05) is 31.1 Å². The second-order valence-corrected chi connectivity index (χ2v) is 7.09. The molecule has 0 aromatic carbocycles. The third-order valence-corrected chi connectivity index (χ3v) is 4.90. The van der Waals surface area contributed by atoms with Crippen LogP contribution < -0.4 is 4.90 Å². The molecule has 0 aliphatic carbocycles. The second kappa shape index (κ2) is 8.22. The Morgan fingerprint density at radius 2 is 1.92 bits per heavy atom. The quantitative estimate of drug-likeness (QED) is 0.722. The maximum Gasteiger partial charge on any atom is 0.312 e. The summed E-state index contributed by atoms with van der Waals surface area (Å²) in [4.78, 5) is 41.0. The highest BCUT2D eigenvalue weighted by atomic mass is 32.1. The zero-order chi connectivity index (χ0) is 18.5. The number of thiazole rings is 1. The molecule has 8 nitrogen and oxygen atoms in total. The third-order valence-electron chi connectivity index (χ3n) is 4.07. The lowest BCUT2D eigenvalue weighted by Crippen LogP contribution is -2.52. The number of aryl methyl sites for hydroxylation is 1. The molecular weight excluding hydrogens is 354 g/mol. The van der Waals surface area contributed by atoms with Crippen molar-refractivity contribution in [2.24, 2.45) is 0 Å². The summed E-state index contributed by atoms with van der Waals surface area (Å²) in [5.41, 5.74) is 0.675. The first-order valence-corrected chi connectivity index (χ1v) is 9.32. The highest BCUT2D eigenvalue weighted by Crippen LogP contribution is 2.13. The van der Waals surface area contributed by atoms with E-state index >= 15 is 0 Å². The molecule has 26 heavy (non-hydrogen) atoms. The second-order valence-electron chi connectivity index (χ2n) is 6.03. The van der Waals surface area contributed by atoms with Crippen LogP contribution in [-0.4, -0.2) is 64.0 Å². The van der Waals surface area contributed by atoms with Crippen molar-refractivity contribution in [1.82, 2.24) is 19.9 Å². The molecule has 1 fully saturated rings. The van der Waals surface area contributed by atoms with Gasteiger partial charge in [-0.05, 0) is 19.9 Å². The number of amides is 1. The zero-order valence-corrected chi connectivity index (χ0v) is 15.6. The fraction of sp³-hybridized carbons (Fsp3) is 0.471. The molecule has 1 aliphatic rings. The van der Waals surface area contributed by atoms with Gasteiger partial charge in [0.15, 0.2) is 6.10 Å². The van der Waals surface area contributed by atoms with Crippen molar-refractivity contribution < 1.29 is 14.3 Å². The lowest BCUT2D eigenvalue weighted by atomic mass is 10.2. The van der Waals surface area contributed by atoms with Gasteiger partial charge in [-0.15, -0.1) is 11.3 Å². The van der Waals surface area contributed by atoms with Gasteiger partial charge in [-0.2, -0.15) is 0 Å². The van der Waals surface area contributed by atoms with Crippen molar-refractivity contribution in [2.45, 2.75) is 26.4 Å². The minimum absolute atomic E-state index is 0.0844. The number of anilines is 1. The van der Waals surface area contributed by atoms with Crippen molar-refractivity contribution in [3.63, 3.8) is 0 Å². The number of ether oxygens (including phenoxy) is 1. The first kappa shape index (κ1) is 18.2. The van der Waals surface area contributed by atoms with Crippen LogP contribution in [0.1, 0.15) is 17.6 Å². The summed E-state index contributed by atoms with van der Waals surface area (Å²) in [6, 6.07) is 1.77. The predicted molar refractivity (Wildman–Crippen MR) is 96.9 cm³/mol. The summed E-state index contributed by atoms with van der Waals surface area (Å²) in [7, 11) is 0. The average molecular weight is 375 g/mol. The van der Waals surface area contributed by atoms with E-state index in [1.165, 1.54) is 11.3 Å². The Labute approximate surface area is 155 Å². The highest BCUT2D eigenvalue weighted by Gasteiger charge is 2.28. The van der Waals surface area contributed by atoms with Gasteiger partial charge < -0.3 is 14.5 Å². The smallest absolute Gasteiger partial charge is 0.312 e. The fourth-order valence-electron chi connectivity index (χ4n) is 2.77. The SMILES string of the molecule is Cc1nc(CC(=O)OC(C)C(=O)N2CCN(c3ncccn3)CC2)cs1. The maximum absolute atomic E-state index is 12.5. The Kier molecular flexibility index (Phi) is 5.77. The molecule has 0 saturated carbocycles. The standard InChI is InChI=1S/C17H21N5O3S/c1-12(25-15(23)10-14-11-26-13(2)20-14)16(24)21-6-8-22(9-7-21)17-18-4-3-5-19-17/h3-5,11-12H,6-10H2,1-2H3. The number of esters is 1. The molecule has 9 heteroatoms. The van der Waals surface area contributed by atoms with E-state index in [-0.39, 0.29) is 12.3 Å². The highest BCUT2D eigenvalue weighted by molar-refractivity contribution is 7.09. The third kappa shape index (κ3) is 4.54. The normalized spacial score (nSPS) is 15.6. The van der Waals surface area contributed by atoms with Gasteiger partial charge in [0, 0.05) is 44.0 Å². The van der Waals surface area contributed by atoms with Crippen LogP contribution in [0.15, 0.2) is 23.8 Å². The van der Waals surface area contributed by atoms with Crippen LogP contribution in [0.2, 0.25) is 0 Å². The summed E-state index contributed by atoms with van der Waals surface area (Å²) in [6.45, 7) is 5.88. The molecule has 1 aliphatic heterocycles. The van der Waals surface area contributed by atoms with E-state index in [9.17, 15) is 9.59 Å². The van der Waals surface area contributed by atoms with E-state index < -0.39 is 12.1 Å². The van der Waals surface area contributed by atoms with Crippen LogP contribution in [0.4, 0.5) is 5.95 Å². The van der Waals surface area contributed by atoms with Crippen LogP contribution in [0.25, 0.3) is 0 Å². The van der Waals surface area contributed by atoms with Crippen molar-refractivity contribution in [3.05, 3.63) is 34.5 Å². The Balaban J connectivity index is 1.47. The van der Waals surface area contributed by atoms with Gasteiger partial charge in [-0.3, -0.25) is 9.59 Å². The minimum Gasteiger partial charge on any atom is -0.452 e. The number of hydrogen-bond acceptors (Lipinski definition) is 8. The van der Waals surface area contributed by atoms with Gasteiger partial charge in [0.25, 0.3) is 5.91 Å². The zero-order valence-electron chi connectivity index (χ0n) is 14.8. The first-order chi connectivity index (χ1) is 12.5. The molecule has 1 unspecified atom stereocenters. The van der Waals surface area contributed by atoms with Crippen molar-refractivity contribution >= 4 is 29.2 Å². The molecule has 0 bridgehead atoms. The molecule has 138 valence electrons. The Morgan fingerprint density at radius 1 is 1.23 bits per heavy atom. The number of carbonyl (C=O) groups is 2. The monoisotopic (exact) mass is 375 g/mol. The Hall–Kier alpha value is -2.55. The predicted octanol–water partition coefficient (Wildman–Crippen LogP) is 1.06. The van der Waals surface area contributed by atoms with Gasteiger partial charge in [0.1, 0.15) is 0 Å². The summed E-state index contributed by atoms with van der Waals surface area (Å²) in [5.74, 6) is 0.0477. The Bertz CT molecular complexity index is 759. The summed E-state index contributed by atoms with van der Waals surface area (Å²) in [5, 5.41) is 2.73. The molecule has 0 radical (unpaired) electrons. The van der Waals surface area contributed by atoms with E-state index in [0.29, 0.717) is 37.8 Å². The number of hydrogen-bond donors (Lipinski definition) is 0.